The maximum atomic E-state index is 12.9. The summed E-state index contributed by atoms with van der Waals surface area (Å²) < 4.78 is 7.31. The summed E-state index contributed by atoms with van der Waals surface area (Å²) in [5, 5.41) is 3.25. The number of hydrogen-bond donors (Lipinski definition) is 1. The van der Waals surface area contributed by atoms with Gasteiger partial charge in [0.05, 0.1) is 17.0 Å². The molecule has 5 rings (SSSR count). The minimum absolute atomic E-state index is 0.175. The van der Waals surface area contributed by atoms with Crippen LogP contribution in [0.3, 0.4) is 0 Å². The molecule has 0 fully saturated rings. The van der Waals surface area contributed by atoms with E-state index in [9.17, 15) is 4.79 Å². The van der Waals surface area contributed by atoms with Crippen LogP contribution in [0.5, 0.6) is 5.75 Å². The van der Waals surface area contributed by atoms with Crippen molar-refractivity contribution >= 4 is 5.65 Å². The smallest absolute Gasteiger partial charge is 0.273 e. The lowest BCUT2D eigenvalue weighted by Gasteiger charge is -2.06. The molecule has 0 aliphatic rings. The number of hydrogen-bond acceptors (Lipinski definition) is 3. The number of ether oxygens (including phenoxy) is 1. The average Bonchev–Trinajstić information content (AvgIpc) is 3.20. The minimum Gasteiger partial charge on any atom is -0.487 e. The molecule has 0 aliphatic carbocycles. The lowest BCUT2D eigenvalue weighted by Crippen LogP contribution is -2.16. The fourth-order valence-corrected chi connectivity index (χ4v) is 3.52. The van der Waals surface area contributed by atoms with E-state index in [2.05, 4.69) is 5.10 Å². The third kappa shape index (κ3) is 3.37. The Morgan fingerprint density at radius 1 is 0.800 bits per heavy atom. The van der Waals surface area contributed by atoms with E-state index < -0.39 is 0 Å². The van der Waals surface area contributed by atoms with Gasteiger partial charge in [-0.25, -0.2) is 9.50 Å². The molecule has 5 nitrogen and oxygen atoms in total. The number of para-hydroxylation sites is 1. The topological polar surface area (TPSA) is 59.4 Å². The van der Waals surface area contributed by atoms with Crippen molar-refractivity contribution in [3.63, 3.8) is 0 Å². The van der Waals surface area contributed by atoms with Crippen molar-refractivity contribution in [2.45, 2.75) is 6.61 Å². The van der Waals surface area contributed by atoms with Gasteiger partial charge < -0.3 is 4.74 Å². The normalized spacial score (nSPS) is 10.9. The summed E-state index contributed by atoms with van der Waals surface area (Å²) >= 11 is 0. The van der Waals surface area contributed by atoms with Gasteiger partial charge in [-0.2, -0.15) is 0 Å². The van der Waals surface area contributed by atoms with Crippen molar-refractivity contribution < 1.29 is 4.74 Å². The Labute approximate surface area is 173 Å². The molecule has 2 aromatic heterocycles. The Bertz CT molecular complexity index is 1340. The van der Waals surface area contributed by atoms with E-state index in [1.54, 1.807) is 0 Å². The monoisotopic (exact) mass is 393 g/mol. The van der Waals surface area contributed by atoms with E-state index in [0.29, 0.717) is 11.3 Å². The Morgan fingerprint density at radius 3 is 2.07 bits per heavy atom. The Kier molecular flexibility index (Phi) is 4.62. The van der Waals surface area contributed by atoms with E-state index in [1.807, 2.05) is 91.0 Å². The predicted molar refractivity (Wildman–Crippen MR) is 117 cm³/mol. The summed E-state index contributed by atoms with van der Waals surface area (Å²) in [5.41, 5.74) is 4.71. The van der Waals surface area contributed by atoms with Gasteiger partial charge in [0.25, 0.3) is 5.56 Å². The van der Waals surface area contributed by atoms with Gasteiger partial charge >= 0.3 is 0 Å². The molecular formula is C25H19N3O2. The third-order valence-electron chi connectivity index (χ3n) is 4.92. The lowest BCUT2D eigenvalue weighted by atomic mass is 10.0. The summed E-state index contributed by atoms with van der Waals surface area (Å²) in [5.74, 6) is 0.738. The molecule has 0 unspecified atom stereocenters. The largest absolute Gasteiger partial charge is 0.487 e. The van der Waals surface area contributed by atoms with Gasteiger partial charge in [-0.05, 0) is 17.7 Å². The molecule has 0 atom stereocenters. The molecule has 146 valence electrons. The van der Waals surface area contributed by atoms with E-state index in [1.165, 1.54) is 10.6 Å². The van der Waals surface area contributed by atoms with Crippen molar-refractivity contribution in [3.8, 4) is 28.1 Å². The van der Waals surface area contributed by atoms with Crippen molar-refractivity contribution in [3.05, 3.63) is 113 Å². The van der Waals surface area contributed by atoms with Crippen LogP contribution in [0, 0.1) is 0 Å². The van der Waals surface area contributed by atoms with Crippen LogP contribution in [0.25, 0.3) is 28.0 Å². The number of H-pyrrole nitrogens is 1. The molecule has 30 heavy (non-hydrogen) atoms. The minimum atomic E-state index is -0.175. The first kappa shape index (κ1) is 17.9. The first-order chi connectivity index (χ1) is 14.8. The van der Waals surface area contributed by atoms with Gasteiger partial charge in [0, 0.05) is 11.6 Å². The quantitative estimate of drug-likeness (QED) is 0.460. The lowest BCUT2D eigenvalue weighted by molar-refractivity contribution is 0.301. The number of rotatable bonds is 5. The average molecular weight is 393 g/mol. The van der Waals surface area contributed by atoms with Crippen LogP contribution in [0.4, 0.5) is 0 Å². The molecule has 0 spiro atoms. The fourth-order valence-electron chi connectivity index (χ4n) is 3.52. The highest BCUT2D eigenvalue weighted by Crippen LogP contribution is 2.33. The van der Waals surface area contributed by atoms with Crippen molar-refractivity contribution in [1.29, 1.82) is 0 Å². The van der Waals surface area contributed by atoms with E-state index in [-0.39, 0.29) is 12.2 Å². The zero-order chi connectivity index (χ0) is 20.3. The predicted octanol–water partition coefficient (Wildman–Crippen LogP) is 4.94. The van der Waals surface area contributed by atoms with Crippen molar-refractivity contribution in [2.75, 3.05) is 0 Å². The van der Waals surface area contributed by atoms with Crippen LogP contribution in [0.1, 0.15) is 5.69 Å². The number of aromatic nitrogens is 3. The third-order valence-corrected chi connectivity index (χ3v) is 4.92. The molecule has 0 radical (unpaired) electrons. The van der Waals surface area contributed by atoms with Gasteiger partial charge in [0.2, 0.25) is 0 Å². The number of benzene rings is 3. The van der Waals surface area contributed by atoms with Crippen molar-refractivity contribution in [1.82, 2.24) is 14.6 Å². The molecule has 0 saturated heterocycles. The van der Waals surface area contributed by atoms with Gasteiger partial charge in [-0.3, -0.25) is 9.89 Å². The van der Waals surface area contributed by atoms with E-state index in [0.717, 1.165) is 28.1 Å². The van der Waals surface area contributed by atoms with Gasteiger partial charge in [0.1, 0.15) is 12.4 Å². The molecule has 0 saturated carbocycles. The van der Waals surface area contributed by atoms with E-state index >= 15 is 0 Å². The van der Waals surface area contributed by atoms with Crippen LogP contribution in [-0.2, 0) is 6.61 Å². The first-order valence-electron chi connectivity index (χ1n) is 9.73. The maximum absolute atomic E-state index is 12.9. The van der Waals surface area contributed by atoms with Crippen LogP contribution in [0.15, 0.2) is 102 Å². The Balaban J connectivity index is 1.66. The number of aromatic amines is 1. The summed E-state index contributed by atoms with van der Waals surface area (Å²) in [6, 6.07) is 31.0. The zero-order valence-electron chi connectivity index (χ0n) is 16.2. The summed E-state index contributed by atoms with van der Waals surface area (Å²) in [6.07, 6.45) is 0. The van der Waals surface area contributed by atoms with Crippen molar-refractivity contribution in [2.24, 2.45) is 0 Å². The van der Waals surface area contributed by atoms with Gasteiger partial charge in [-0.1, -0.05) is 78.9 Å². The highest BCUT2D eigenvalue weighted by molar-refractivity contribution is 5.90. The second-order valence-electron chi connectivity index (χ2n) is 6.94. The molecule has 0 bridgehead atoms. The zero-order valence-corrected chi connectivity index (χ0v) is 16.2. The van der Waals surface area contributed by atoms with Crippen LogP contribution < -0.4 is 10.3 Å². The van der Waals surface area contributed by atoms with Gasteiger partial charge in [0.15, 0.2) is 5.65 Å². The van der Waals surface area contributed by atoms with Crippen LogP contribution >= 0.6 is 0 Å². The molecule has 0 amide bonds. The Hall–Kier alpha value is -4.12. The van der Waals surface area contributed by atoms with E-state index in [4.69, 9.17) is 9.72 Å². The molecule has 1 N–H and O–H groups in total. The Morgan fingerprint density at radius 2 is 1.40 bits per heavy atom. The number of nitrogens with zero attached hydrogens (tertiary/aromatic N) is 2. The summed E-state index contributed by atoms with van der Waals surface area (Å²) in [6.45, 7) is 0.218. The standard InChI is InChI=1S/C25H19N3O2/c29-22-16-20(17-30-21-14-8-3-9-15-21)26-25-23(18-10-4-1-5-11-18)24(27-28(22)25)19-12-6-2-7-13-19/h1-16,27H,17H2. The SMILES string of the molecule is O=c1cc(COc2ccccc2)nc2c(-c3ccccc3)c(-c3ccccc3)[nH]n12. The molecule has 5 aromatic rings. The molecule has 5 heteroatoms. The molecule has 3 aromatic carbocycles. The fraction of sp³-hybridized carbons (Fsp3) is 0.0400. The highest BCUT2D eigenvalue weighted by Gasteiger charge is 2.18. The van der Waals surface area contributed by atoms with Crippen LogP contribution in [0.2, 0.25) is 0 Å². The van der Waals surface area contributed by atoms with Crippen LogP contribution in [-0.4, -0.2) is 14.6 Å². The number of nitrogens with one attached hydrogen (secondary N) is 1. The summed E-state index contributed by atoms with van der Waals surface area (Å²) in [4.78, 5) is 17.7. The highest BCUT2D eigenvalue weighted by atomic mass is 16.5. The summed E-state index contributed by atoms with van der Waals surface area (Å²) in [7, 11) is 0. The second-order valence-corrected chi connectivity index (χ2v) is 6.94. The molecular weight excluding hydrogens is 374 g/mol. The van der Waals surface area contributed by atoms with Gasteiger partial charge in [-0.15, -0.1) is 0 Å². The first-order valence-corrected chi connectivity index (χ1v) is 9.73. The molecule has 0 aliphatic heterocycles. The molecule has 2 heterocycles. The second kappa shape index (κ2) is 7.72. The maximum Gasteiger partial charge on any atom is 0.273 e. The number of fused-ring (bicyclic) bond motifs is 1.